The van der Waals surface area contributed by atoms with Crippen molar-refractivity contribution in [2.75, 3.05) is 37.7 Å². The van der Waals surface area contributed by atoms with E-state index in [1.54, 1.807) is 49.7 Å². The summed E-state index contributed by atoms with van der Waals surface area (Å²) in [7, 11) is 0. The molecule has 0 spiro atoms. The van der Waals surface area contributed by atoms with E-state index in [4.69, 9.17) is 9.73 Å². The van der Waals surface area contributed by atoms with Crippen LogP contribution in [0.5, 0.6) is 0 Å². The summed E-state index contributed by atoms with van der Waals surface area (Å²) in [5, 5.41) is 15.3. The van der Waals surface area contributed by atoms with E-state index < -0.39 is 41.3 Å². The fourth-order valence-electron chi connectivity index (χ4n) is 6.83. The van der Waals surface area contributed by atoms with E-state index in [9.17, 15) is 23.9 Å². The number of amidine groups is 1. The van der Waals surface area contributed by atoms with Crippen LogP contribution in [0.1, 0.15) is 71.2 Å². The van der Waals surface area contributed by atoms with Gasteiger partial charge in [-0.2, -0.15) is 0 Å². The Morgan fingerprint density at radius 1 is 1.23 bits per heavy atom. The summed E-state index contributed by atoms with van der Waals surface area (Å²) in [5.41, 5.74) is 0.677. The Hall–Kier alpha value is -4.49. The van der Waals surface area contributed by atoms with Gasteiger partial charge >= 0.3 is 11.9 Å². The number of halogens is 2. The second-order valence-electron chi connectivity index (χ2n) is 12.6. The van der Waals surface area contributed by atoms with Gasteiger partial charge in [0.25, 0.3) is 5.91 Å². The van der Waals surface area contributed by atoms with Crippen molar-refractivity contribution < 1.29 is 33.0 Å². The number of thiazole rings is 1. The van der Waals surface area contributed by atoms with Crippen LogP contribution >= 0.6 is 11.3 Å². The number of aromatic nitrogens is 1. The molecule has 6 rings (SSSR count). The summed E-state index contributed by atoms with van der Waals surface area (Å²) in [6.45, 7) is 7.96. The van der Waals surface area contributed by atoms with E-state index in [1.165, 1.54) is 28.4 Å². The van der Waals surface area contributed by atoms with Crippen LogP contribution in [0.4, 0.5) is 14.5 Å². The van der Waals surface area contributed by atoms with Crippen molar-refractivity contribution in [3.05, 3.63) is 92.3 Å². The molecule has 1 amide bonds. The Kier molecular flexibility index (Phi) is 9.18. The summed E-state index contributed by atoms with van der Waals surface area (Å²) in [4.78, 5) is 51.6. The van der Waals surface area contributed by atoms with Crippen molar-refractivity contribution in [3.8, 4) is 0 Å². The van der Waals surface area contributed by atoms with Crippen LogP contribution in [0, 0.1) is 18.7 Å². The van der Waals surface area contributed by atoms with E-state index in [0.29, 0.717) is 38.9 Å². The molecule has 0 saturated carbocycles. The number of amides is 1. The zero-order valence-electron chi connectivity index (χ0n) is 27.1. The first-order valence-electron chi connectivity index (χ1n) is 15.9. The summed E-state index contributed by atoms with van der Waals surface area (Å²) in [5.74, 6) is -3.09. The largest absolute Gasteiger partial charge is 0.478 e. The minimum Gasteiger partial charge on any atom is -0.478 e. The third-order valence-electron chi connectivity index (χ3n) is 9.36. The lowest BCUT2D eigenvalue weighted by molar-refractivity contribution is -0.139. The molecule has 252 valence electrons. The van der Waals surface area contributed by atoms with E-state index in [-0.39, 0.29) is 56.3 Å². The first kappa shape index (κ1) is 33.4. The highest BCUT2D eigenvalue weighted by molar-refractivity contribution is 7.11. The van der Waals surface area contributed by atoms with Crippen molar-refractivity contribution in [1.29, 1.82) is 0 Å². The predicted molar refractivity (Wildman–Crippen MR) is 178 cm³/mol. The Labute approximate surface area is 281 Å². The van der Waals surface area contributed by atoms with Gasteiger partial charge in [-0.15, -0.1) is 11.3 Å². The molecule has 1 aromatic heterocycles. The highest BCUT2D eigenvalue weighted by atomic mass is 32.1. The number of carbonyl (C=O) groups excluding carboxylic acids is 2. The highest BCUT2D eigenvalue weighted by Gasteiger charge is 2.57. The van der Waals surface area contributed by atoms with Crippen molar-refractivity contribution in [1.82, 2.24) is 15.2 Å². The van der Waals surface area contributed by atoms with E-state index >= 15 is 4.39 Å². The number of carbonyl (C=O) groups is 3. The zero-order chi connectivity index (χ0) is 34.3. The Bertz CT molecular complexity index is 1830. The zero-order valence-corrected chi connectivity index (χ0v) is 27.9. The number of carboxylic acid groups (broad SMARTS) is 1. The number of alkyl halides is 1. The second kappa shape index (κ2) is 13.2. The van der Waals surface area contributed by atoms with Crippen molar-refractivity contribution in [2.45, 2.75) is 51.7 Å². The third-order valence-corrected chi connectivity index (χ3v) is 10.1. The predicted octanol–water partition coefficient (Wildman–Crippen LogP) is 5.40. The molecule has 2 aromatic carbocycles. The van der Waals surface area contributed by atoms with Crippen LogP contribution in [0.3, 0.4) is 0 Å². The molecule has 0 unspecified atom stereocenters. The molecule has 10 nitrogen and oxygen atoms in total. The number of fused-ring (bicyclic) bond motifs is 1. The summed E-state index contributed by atoms with van der Waals surface area (Å²) < 4.78 is 36.8. The van der Waals surface area contributed by atoms with Crippen LogP contribution in [0.2, 0.25) is 0 Å². The van der Waals surface area contributed by atoms with Gasteiger partial charge < -0.3 is 20.1 Å². The number of nitrogens with zero attached hydrogens (tertiary/aromatic N) is 4. The van der Waals surface area contributed by atoms with Gasteiger partial charge in [-0.05, 0) is 60.7 Å². The van der Waals surface area contributed by atoms with Gasteiger partial charge in [0.2, 0.25) is 0 Å². The Balaban J connectivity index is 1.32. The molecule has 0 bridgehead atoms. The summed E-state index contributed by atoms with van der Waals surface area (Å²) >= 11 is 1.36. The maximum atomic E-state index is 16.5. The molecule has 3 aliphatic rings. The number of hydrogen-bond donors (Lipinski definition) is 2. The van der Waals surface area contributed by atoms with Gasteiger partial charge in [-0.3, -0.25) is 14.7 Å². The van der Waals surface area contributed by atoms with Crippen LogP contribution in [0.15, 0.2) is 64.2 Å². The summed E-state index contributed by atoms with van der Waals surface area (Å²) in [6, 6.07) is 8.48. The molecule has 2 saturated heterocycles. The van der Waals surface area contributed by atoms with Crippen molar-refractivity contribution in [2.24, 2.45) is 10.9 Å². The Morgan fingerprint density at radius 3 is 2.71 bits per heavy atom. The number of anilines is 1. The molecular formula is C35H37F2N5O5S. The van der Waals surface area contributed by atoms with Gasteiger partial charge in [-0.25, -0.2) is 23.4 Å². The number of aliphatic imine (C=N–C) groups is 1. The Morgan fingerprint density at radius 2 is 2.02 bits per heavy atom. The first-order valence-corrected chi connectivity index (χ1v) is 16.8. The lowest BCUT2D eigenvalue weighted by Crippen LogP contribution is -2.52. The fourth-order valence-corrected chi connectivity index (χ4v) is 7.42. The van der Waals surface area contributed by atoms with Gasteiger partial charge in [0.1, 0.15) is 11.9 Å². The minimum absolute atomic E-state index is 0.0564. The topological polar surface area (TPSA) is 124 Å². The fraction of sp³-hybridized carbons (Fsp3) is 0.400. The average Bonchev–Trinajstić information content (AvgIpc) is 3.69. The smallest absolute Gasteiger partial charge is 0.338 e. The second-order valence-corrected chi connectivity index (χ2v) is 13.5. The van der Waals surface area contributed by atoms with Gasteiger partial charge in [0.15, 0.2) is 16.5 Å². The standard InChI is InChI=1S/C35H37F2N5O5S/c1-5-47-33(45)28-27(39-30(31-38-12-14-48-31)40-29(28)23-7-6-8-26(36)20(23)4)18-41-13-11-35(37)21(16-41)17-42(34(35)46)22-9-10-24(32(43)44)25(15-22)19(2)3/h6-10,12,14-15,19,21,29H,5,11,13,16-18H2,1-4H3,(H,39,40)(H,43,44)/t21-,29-,35+/m0/s1. The van der Waals surface area contributed by atoms with E-state index in [0.717, 1.165) is 0 Å². The number of likely N-dealkylation sites (tertiary alicyclic amines) is 1. The number of aromatic carboxylic acids is 1. The molecule has 2 fully saturated rings. The molecule has 3 aliphatic heterocycles. The number of carboxylic acids is 1. The van der Waals surface area contributed by atoms with Gasteiger partial charge in [0.05, 0.1) is 17.7 Å². The quantitative estimate of drug-likeness (QED) is 0.289. The maximum absolute atomic E-state index is 16.5. The highest BCUT2D eigenvalue weighted by Crippen LogP contribution is 2.43. The lowest BCUT2D eigenvalue weighted by atomic mass is 9.84. The minimum atomic E-state index is -2.09. The lowest BCUT2D eigenvalue weighted by Gasteiger charge is -2.38. The van der Waals surface area contributed by atoms with Crippen molar-refractivity contribution in [3.63, 3.8) is 0 Å². The molecule has 2 N–H and O–H groups in total. The number of benzene rings is 2. The SMILES string of the molecule is CCOC(=O)C1=C(CN2CC[C@]3(F)C(=O)N(c4ccc(C(=O)O)c(C(C)C)c4)C[C@@H]3C2)NC(c2nccs2)=N[C@H]1c1cccc(F)c1C. The monoisotopic (exact) mass is 677 g/mol. The normalized spacial score (nSPS) is 22.9. The van der Waals surface area contributed by atoms with Crippen LogP contribution in [-0.2, 0) is 14.3 Å². The van der Waals surface area contributed by atoms with Crippen LogP contribution in [0.25, 0.3) is 0 Å². The van der Waals surface area contributed by atoms with Gasteiger partial charge in [-0.1, -0.05) is 26.0 Å². The molecule has 13 heteroatoms. The first-order chi connectivity index (χ1) is 22.9. The van der Waals surface area contributed by atoms with Crippen LogP contribution in [-0.4, -0.2) is 77.1 Å². The molecule has 4 heterocycles. The molecule has 0 aliphatic carbocycles. The average molecular weight is 678 g/mol. The number of nitrogens with one attached hydrogen (secondary N) is 1. The maximum Gasteiger partial charge on any atom is 0.338 e. The number of piperidine rings is 1. The molecular weight excluding hydrogens is 640 g/mol. The van der Waals surface area contributed by atoms with Crippen LogP contribution < -0.4 is 10.2 Å². The van der Waals surface area contributed by atoms with Gasteiger partial charge in [0, 0.05) is 61.5 Å². The molecule has 3 atom stereocenters. The molecule has 48 heavy (non-hydrogen) atoms. The number of ether oxygens (including phenoxy) is 1. The molecule has 0 radical (unpaired) electrons. The number of esters is 1. The van der Waals surface area contributed by atoms with E-state index in [1.807, 2.05) is 18.7 Å². The summed E-state index contributed by atoms with van der Waals surface area (Å²) in [6.07, 6.45) is 1.59. The third kappa shape index (κ3) is 6.00. The number of rotatable bonds is 9. The number of hydrogen-bond acceptors (Lipinski definition) is 9. The van der Waals surface area contributed by atoms with E-state index in [2.05, 4.69) is 10.3 Å². The molecule has 3 aromatic rings. The van der Waals surface area contributed by atoms with Crippen molar-refractivity contribution >= 4 is 40.7 Å².